The zero-order valence-corrected chi connectivity index (χ0v) is 15.0. The van der Waals surface area contributed by atoms with Crippen molar-refractivity contribution in [2.75, 3.05) is 21.3 Å². The molecule has 1 heterocycles. The molecule has 0 aliphatic heterocycles. The van der Waals surface area contributed by atoms with Crippen LogP contribution in [-0.2, 0) is 0 Å². The van der Waals surface area contributed by atoms with Crippen LogP contribution >= 0.6 is 0 Å². The van der Waals surface area contributed by atoms with Crippen LogP contribution in [0.1, 0.15) is 13.8 Å². The molecule has 0 aliphatic carbocycles. The molecule has 1 aromatic heterocycles. The van der Waals surface area contributed by atoms with Crippen molar-refractivity contribution in [2.45, 2.75) is 20.0 Å². The van der Waals surface area contributed by atoms with Crippen LogP contribution in [0.4, 0.5) is 0 Å². The lowest BCUT2D eigenvalue weighted by Gasteiger charge is -2.14. The summed E-state index contributed by atoms with van der Waals surface area (Å²) in [4.78, 5) is 7.95. The second-order valence-electron chi connectivity index (χ2n) is 5.84. The average molecular weight is 342 g/mol. The Labute approximate surface area is 146 Å². The maximum Gasteiger partial charge on any atom is 0.163 e. The summed E-state index contributed by atoms with van der Waals surface area (Å²) in [6, 6.07) is 9.47. The third-order valence-corrected chi connectivity index (χ3v) is 3.79. The number of H-pyrrole nitrogens is 1. The van der Waals surface area contributed by atoms with Crippen molar-refractivity contribution in [3.05, 3.63) is 30.3 Å². The lowest BCUT2D eigenvalue weighted by atomic mass is 10.2. The number of nitrogens with one attached hydrogen (secondary N) is 1. The van der Waals surface area contributed by atoms with Crippen molar-refractivity contribution in [1.82, 2.24) is 9.97 Å². The minimum absolute atomic E-state index is 0.0749. The van der Waals surface area contributed by atoms with Gasteiger partial charge >= 0.3 is 0 Å². The maximum atomic E-state index is 5.76. The number of hydrogen-bond acceptors (Lipinski definition) is 5. The molecule has 3 aromatic rings. The molecule has 0 aliphatic rings. The van der Waals surface area contributed by atoms with Crippen molar-refractivity contribution < 1.29 is 18.9 Å². The number of methoxy groups -OCH3 is 3. The van der Waals surface area contributed by atoms with Gasteiger partial charge in [0, 0.05) is 17.7 Å². The first-order valence-electron chi connectivity index (χ1n) is 8.02. The Hall–Kier alpha value is -2.89. The largest absolute Gasteiger partial charge is 0.493 e. The molecule has 0 amide bonds. The molecule has 0 spiro atoms. The van der Waals surface area contributed by atoms with Crippen LogP contribution < -0.4 is 18.9 Å². The highest BCUT2D eigenvalue weighted by atomic mass is 16.5. The summed E-state index contributed by atoms with van der Waals surface area (Å²) in [5, 5.41) is 0. The molecule has 0 bridgehead atoms. The minimum Gasteiger partial charge on any atom is -0.493 e. The van der Waals surface area contributed by atoms with Gasteiger partial charge in [0.1, 0.15) is 5.82 Å². The number of fused-ring (bicyclic) bond motifs is 1. The zero-order valence-electron chi connectivity index (χ0n) is 15.0. The number of nitrogens with zero attached hydrogens (tertiary/aromatic N) is 1. The lowest BCUT2D eigenvalue weighted by Crippen LogP contribution is -2.06. The third kappa shape index (κ3) is 3.33. The predicted octanol–water partition coefficient (Wildman–Crippen LogP) is 4.04. The van der Waals surface area contributed by atoms with Crippen LogP contribution in [0.2, 0.25) is 0 Å². The summed E-state index contributed by atoms with van der Waals surface area (Å²) in [6.07, 6.45) is 0.0749. The first-order valence-corrected chi connectivity index (χ1v) is 8.02. The third-order valence-electron chi connectivity index (χ3n) is 3.79. The highest BCUT2D eigenvalue weighted by molar-refractivity contribution is 5.83. The molecule has 0 fully saturated rings. The van der Waals surface area contributed by atoms with Gasteiger partial charge in [-0.25, -0.2) is 4.98 Å². The Bertz CT molecular complexity index is 846. The average Bonchev–Trinajstić information content (AvgIpc) is 3.03. The quantitative estimate of drug-likeness (QED) is 0.732. The van der Waals surface area contributed by atoms with Crippen LogP contribution in [0.25, 0.3) is 22.4 Å². The van der Waals surface area contributed by atoms with E-state index < -0.39 is 0 Å². The van der Waals surface area contributed by atoms with Crippen molar-refractivity contribution in [3.8, 4) is 34.4 Å². The van der Waals surface area contributed by atoms with Crippen LogP contribution in [0.3, 0.4) is 0 Å². The van der Waals surface area contributed by atoms with Crippen molar-refractivity contribution in [1.29, 1.82) is 0 Å². The van der Waals surface area contributed by atoms with Crippen molar-refractivity contribution in [2.24, 2.45) is 0 Å². The van der Waals surface area contributed by atoms with E-state index in [9.17, 15) is 0 Å². The molecule has 132 valence electrons. The normalized spacial score (nSPS) is 11.0. The summed E-state index contributed by atoms with van der Waals surface area (Å²) < 4.78 is 21.9. The first kappa shape index (κ1) is 17.0. The summed E-state index contributed by atoms with van der Waals surface area (Å²) >= 11 is 0. The second-order valence-corrected chi connectivity index (χ2v) is 5.84. The second kappa shape index (κ2) is 6.93. The van der Waals surface area contributed by atoms with Crippen LogP contribution in [0.5, 0.6) is 23.0 Å². The SMILES string of the molecule is COc1cc2nc(-c3ccc(OC(C)C)c(OC)c3)[nH]c2cc1OC. The van der Waals surface area contributed by atoms with Gasteiger partial charge < -0.3 is 23.9 Å². The molecule has 0 unspecified atom stereocenters. The van der Waals surface area contributed by atoms with E-state index in [4.69, 9.17) is 18.9 Å². The number of aromatic amines is 1. The molecule has 0 radical (unpaired) electrons. The Morgan fingerprint density at radius 1 is 0.840 bits per heavy atom. The fourth-order valence-corrected chi connectivity index (χ4v) is 2.64. The number of hydrogen-bond donors (Lipinski definition) is 1. The maximum absolute atomic E-state index is 5.76. The Morgan fingerprint density at radius 3 is 2.12 bits per heavy atom. The van der Waals surface area contributed by atoms with Gasteiger partial charge in [-0.15, -0.1) is 0 Å². The molecule has 1 N–H and O–H groups in total. The van der Waals surface area contributed by atoms with Crippen LogP contribution in [0, 0.1) is 0 Å². The summed E-state index contributed by atoms with van der Waals surface area (Å²) in [5.41, 5.74) is 2.57. The van der Waals surface area contributed by atoms with E-state index >= 15 is 0 Å². The van der Waals surface area contributed by atoms with Gasteiger partial charge in [-0.2, -0.15) is 0 Å². The number of ether oxygens (including phenoxy) is 4. The molecular formula is C19H22N2O4. The number of imidazole rings is 1. The fourth-order valence-electron chi connectivity index (χ4n) is 2.64. The van der Waals surface area contributed by atoms with E-state index in [-0.39, 0.29) is 6.10 Å². The Kier molecular flexibility index (Phi) is 4.70. The van der Waals surface area contributed by atoms with E-state index in [1.54, 1.807) is 21.3 Å². The Morgan fingerprint density at radius 2 is 1.48 bits per heavy atom. The molecule has 0 saturated carbocycles. The monoisotopic (exact) mass is 342 g/mol. The van der Waals surface area contributed by atoms with Crippen LogP contribution in [0.15, 0.2) is 30.3 Å². The summed E-state index contributed by atoms with van der Waals surface area (Å²) in [6.45, 7) is 3.96. The predicted molar refractivity (Wildman–Crippen MR) is 96.9 cm³/mol. The standard InChI is InChI=1S/C19H22N2O4/c1-11(2)25-15-7-6-12(8-16(15)22-3)19-20-13-9-17(23-4)18(24-5)10-14(13)21-19/h6-11H,1-5H3,(H,20,21). The molecule has 0 saturated heterocycles. The zero-order chi connectivity index (χ0) is 18.0. The van der Waals surface area contributed by atoms with E-state index in [0.717, 1.165) is 22.4 Å². The van der Waals surface area contributed by atoms with Crippen molar-refractivity contribution in [3.63, 3.8) is 0 Å². The first-order chi connectivity index (χ1) is 12.0. The number of aromatic nitrogens is 2. The molecule has 6 heteroatoms. The molecule has 25 heavy (non-hydrogen) atoms. The van der Waals surface area contributed by atoms with Gasteiger partial charge in [-0.1, -0.05) is 0 Å². The van der Waals surface area contributed by atoms with Gasteiger partial charge in [0.2, 0.25) is 0 Å². The molecule has 3 rings (SSSR count). The molecule has 6 nitrogen and oxygen atoms in total. The number of rotatable bonds is 6. The minimum atomic E-state index is 0.0749. The highest BCUT2D eigenvalue weighted by Crippen LogP contribution is 2.35. The van der Waals surface area contributed by atoms with E-state index in [1.807, 2.05) is 44.2 Å². The van der Waals surface area contributed by atoms with Gasteiger partial charge in [-0.3, -0.25) is 0 Å². The van der Waals surface area contributed by atoms with E-state index in [0.29, 0.717) is 23.0 Å². The summed E-state index contributed by atoms with van der Waals surface area (Å²) in [7, 11) is 4.84. The fraction of sp³-hybridized carbons (Fsp3) is 0.316. The number of benzene rings is 2. The molecular weight excluding hydrogens is 320 g/mol. The van der Waals surface area contributed by atoms with Gasteiger partial charge in [-0.05, 0) is 32.0 Å². The molecule has 2 aromatic carbocycles. The van der Waals surface area contributed by atoms with Gasteiger partial charge in [0.25, 0.3) is 0 Å². The van der Waals surface area contributed by atoms with Gasteiger partial charge in [0.15, 0.2) is 23.0 Å². The molecule has 0 atom stereocenters. The van der Waals surface area contributed by atoms with Crippen molar-refractivity contribution >= 4 is 11.0 Å². The smallest absolute Gasteiger partial charge is 0.163 e. The lowest BCUT2D eigenvalue weighted by molar-refractivity contribution is 0.230. The van der Waals surface area contributed by atoms with Gasteiger partial charge in [0.05, 0.1) is 38.5 Å². The topological polar surface area (TPSA) is 65.6 Å². The Balaban J connectivity index is 2.04. The van der Waals surface area contributed by atoms with Crippen LogP contribution in [-0.4, -0.2) is 37.4 Å². The summed E-state index contributed by atoms with van der Waals surface area (Å²) in [5.74, 6) is 3.41. The van der Waals surface area contributed by atoms with E-state index in [1.165, 1.54) is 0 Å². The van der Waals surface area contributed by atoms with E-state index in [2.05, 4.69) is 9.97 Å². The highest BCUT2D eigenvalue weighted by Gasteiger charge is 2.13.